The zero-order valence-electron chi connectivity index (χ0n) is 9.98. The zero-order valence-corrected chi connectivity index (χ0v) is 9.98. The number of para-hydroxylation sites is 1. The highest BCUT2D eigenvalue weighted by Crippen LogP contribution is 2.15. The van der Waals surface area contributed by atoms with Crippen molar-refractivity contribution in [2.24, 2.45) is 5.73 Å². The molecule has 0 amide bonds. The van der Waals surface area contributed by atoms with Crippen molar-refractivity contribution >= 4 is 5.95 Å². The van der Waals surface area contributed by atoms with E-state index >= 15 is 0 Å². The third-order valence-electron chi connectivity index (χ3n) is 2.77. The van der Waals surface area contributed by atoms with Crippen LogP contribution in [0.15, 0.2) is 30.3 Å². The molecule has 0 aliphatic carbocycles. The zero-order chi connectivity index (χ0) is 12.3. The van der Waals surface area contributed by atoms with Crippen LogP contribution in [0.2, 0.25) is 0 Å². The molecule has 0 saturated heterocycles. The maximum Gasteiger partial charge on any atom is 0.250 e. The Morgan fingerprint density at radius 2 is 2.06 bits per heavy atom. The summed E-state index contributed by atoms with van der Waals surface area (Å²) < 4.78 is 1.70. The van der Waals surface area contributed by atoms with Crippen molar-refractivity contribution in [3.05, 3.63) is 30.3 Å². The van der Waals surface area contributed by atoms with Crippen LogP contribution in [0.4, 0.5) is 5.95 Å². The molecule has 90 valence electrons. The van der Waals surface area contributed by atoms with Gasteiger partial charge in [-0.25, -0.2) is 0 Å². The molecule has 1 aromatic heterocycles. The van der Waals surface area contributed by atoms with Crippen LogP contribution in [0.25, 0.3) is 5.69 Å². The Hall–Kier alpha value is -1.95. The van der Waals surface area contributed by atoms with Crippen LogP contribution in [-0.4, -0.2) is 39.8 Å². The molecule has 2 rings (SSSR count). The smallest absolute Gasteiger partial charge is 0.250 e. The molecule has 1 aromatic carbocycles. The van der Waals surface area contributed by atoms with Crippen molar-refractivity contribution in [1.82, 2.24) is 20.2 Å². The lowest BCUT2D eigenvalue weighted by Crippen LogP contribution is -2.37. The number of hydrogen-bond acceptors (Lipinski definition) is 5. The molecule has 17 heavy (non-hydrogen) atoms. The molecule has 0 fully saturated rings. The molecule has 0 saturated carbocycles. The van der Waals surface area contributed by atoms with Crippen LogP contribution in [0.1, 0.15) is 6.92 Å². The molecular weight excluding hydrogens is 216 g/mol. The van der Waals surface area contributed by atoms with E-state index in [-0.39, 0.29) is 6.04 Å². The van der Waals surface area contributed by atoms with Gasteiger partial charge in [-0.3, -0.25) is 0 Å². The lowest BCUT2D eigenvalue weighted by atomic mass is 10.3. The topological polar surface area (TPSA) is 72.9 Å². The molecule has 1 heterocycles. The van der Waals surface area contributed by atoms with E-state index < -0.39 is 0 Å². The molecule has 6 heteroatoms. The van der Waals surface area contributed by atoms with E-state index in [4.69, 9.17) is 5.73 Å². The van der Waals surface area contributed by atoms with E-state index in [1.807, 2.05) is 49.2 Å². The first kappa shape index (κ1) is 11.5. The Bertz CT molecular complexity index is 466. The van der Waals surface area contributed by atoms with Crippen LogP contribution in [-0.2, 0) is 0 Å². The van der Waals surface area contributed by atoms with Crippen LogP contribution < -0.4 is 10.6 Å². The molecule has 0 aliphatic rings. The van der Waals surface area contributed by atoms with Gasteiger partial charge in [0.1, 0.15) is 0 Å². The lowest BCUT2D eigenvalue weighted by molar-refractivity contribution is 0.665. The molecular formula is C11H16N6. The van der Waals surface area contributed by atoms with Gasteiger partial charge >= 0.3 is 0 Å². The molecule has 0 radical (unpaired) electrons. The highest BCUT2D eigenvalue weighted by Gasteiger charge is 2.16. The second-order valence-corrected chi connectivity index (χ2v) is 3.92. The van der Waals surface area contributed by atoms with Gasteiger partial charge in [-0.2, -0.15) is 4.68 Å². The van der Waals surface area contributed by atoms with Gasteiger partial charge in [0.05, 0.1) is 5.69 Å². The van der Waals surface area contributed by atoms with Gasteiger partial charge < -0.3 is 10.6 Å². The van der Waals surface area contributed by atoms with Crippen molar-refractivity contribution in [3.8, 4) is 5.69 Å². The van der Waals surface area contributed by atoms with Crippen LogP contribution in [0.3, 0.4) is 0 Å². The summed E-state index contributed by atoms with van der Waals surface area (Å²) >= 11 is 0. The average Bonchev–Trinajstić information content (AvgIpc) is 2.87. The molecule has 1 unspecified atom stereocenters. The van der Waals surface area contributed by atoms with Crippen molar-refractivity contribution in [2.45, 2.75) is 13.0 Å². The summed E-state index contributed by atoms with van der Waals surface area (Å²) in [6.07, 6.45) is 0. The number of benzene rings is 1. The van der Waals surface area contributed by atoms with E-state index in [0.717, 1.165) is 5.69 Å². The summed E-state index contributed by atoms with van der Waals surface area (Å²) in [6, 6.07) is 9.96. The summed E-state index contributed by atoms with van der Waals surface area (Å²) in [6.45, 7) is 2.59. The minimum absolute atomic E-state index is 0.184. The monoisotopic (exact) mass is 232 g/mol. The number of rotatable bonds is 4. The van der Waals surface area contributed by atoms with Crippen molar-refractivity contribution < 1.29 is 0 Å². The number of anilines is 1. The molecule has 2 aromatic rings. The summed E-state index contributed by atoms with van der Waals surface area (Å²) in [5, 5.41) is 11.7. The van der Waals surface area contributed by atoms with Gasteiger partial charge in [-0.15, -0.1) is 0 Å². The minimum Gasteiger partial charge on any atom is -0.338 e. The number of hydrogen-bond donors (Lipinski definition) is 1. The van der Waals surface area contributed by atoms with Crippen LogP contribution in [0, 0.1) is 0 Å². The van der Waals surface area contributed by atoms with E-state index in [2.05, 4.69) is 15.5 Å². The number of nitrogens with zero attached hydrogens (tertiary/aromatic N) is 5. The number of likely N-dealkylation sites (N-methyl/N-ethyl adjacent to an activating group) is 1. The summed E-state index contributed by atoms with van der Waals surface area (Å²) in [5.41, 5.74) is 6.58. The Morgan fingerprint density at radius 3 is 2.71 bits per heavy atom. The van der Waals surface area contributed by atoms with E-state index in [1.54, 1.807) is 4.68 Å². The van der Waals surface area contributed by atoms with Gasteiger partial charge in [-0.1, -0.05) is 23.3 Å². The van der Waals surface area contributed by atoms with Crippen LogP contribution in [0.5, 0.6) is 0 Å². The van der Waals surface area contributed by atoms with E-state index in [9.17, 15) is 0 Å². The third kappa shape index (κ3) is 2.26. The highest BCUT2D eigenvalue weighted by atomic mass is 15.6. The molecule has 0 bridgehead atoms. The molecule has 6 nitrogen and oxygen atoms in total. The second kappa shape index (κ2) is 4.92. The standard InChI is InChI=1S/C11H16N6/c1-9(8-12)16(2)11-13-14-15-17(11)10-6-4-3-5-7-10/h3-7,9H,8,12H2,1-2H3. The Labute approximate surface area is 100 Å². The first-order valence-electron chi connectivity index (χ1n) is 5.50. The van der Waals surface area contributed by atoms with Crippen molar-refractivity contribution in [2.75, 3.05) is 18.5 Å². The van der Waals surface area contributed by atoms with Crippen LogP contribution >= 0.6 is 0 Å². The Morgan fingerprint density at radius 1 is 1.35 bits per heavy atom. The van der Waals surface area contributed by atoms with Gasteiger partial charge in [-0.05, 0) is 29.5 Å². The maximum absolute atomic E-state index is 5.65. The Kier molecular flexibility index (Phi) is 3.34. The van der Waals surface area contributed by atoms with Gasteiger partial charge in [0.15, 0.2) is 0 Å². The summed E-state index contributed by atoms with van der Waals surface area (Å²) in [5.74, 6) is 0.689. The predicted molar refractivity (Wildman–Crippen MR) is 66.1 cm³/mol. The Balaban J connectivity index is 2.35. The summed E-state index contributed by atoms with van der Waals surface area (Å²) in [4.78, 5) is 1.97. The number of nitrogens with two attached hydrogens (primary N) is 1. The minimum atomic E-state index is 0.184. The molecule has 2 N–H and O–H groups in total. The second-order valence-electron chi connectivity index (χ2n) is 3.92. The molecule has 0 spiro atoms. The fraction of sp³-hybridized carbons (Fsp3) is 0.364. The fourth-order valence-corrected chi connectivity index (χ4v) is 1.49. The largest absolute Gasteiger partial charge is 0.338 e. The van der Waals surface area contributed by atoms with Gasteiger partial charge in [0, 0.05) is 19.6 Å². The summed E-state index contributed by atoms with van der Waals surface area (Å²) in [7, 11) is 1.93. The third-order valence-corrected chi connectivity index (χ3v) is 2.77. The highest BCUT2D eigenvalue weighted by molar-refractivity contribution is 5.40. The molecule has 1 atom stereocenters. The molecule has 0 aliphatic heterocycles. The SMILES string of the molecule is CC(CN)N(C)c1nnnn1-c1ccccc1. The maximum atomic E-state index is 5.65. The van der Waals surface area contributed by atoms with E-state index in [1.165, 1.54) is 0 Å². The normalized spacial score (nSPS) is 12.4. The van der Waals surface area contributed by atoms with Gasteiger partial charge in [0.2, 0.25) is 5.95 Å². The fourth-order valence-electron chi connectivity index (χ4n) is 1.49. The quantitative estimate of drug-likeness (QED) is 0.828. The first-order valence-corrected chi connectivity index (χ1v) is 5.50. The number of tetrazole rings is 1. The van der Waals surface area contributed by atoms with Gasteiger partial charge in [0.25, 0.3) is 0 Å². The van der Waals surface area contributed by atoms with Crippen molar-refractivity contribution in [1.29, 1.82) is 0 Å². The average molecular weight is 232 g/mol. The van der Waals surface area contributed by atoms with Crippen molar-refractivity contribution in [3.63, 3.8) is 0 Å². The predicted octanol–water partition coefficient (Wildman–Crippen LogP) is 0.446. The lowest BCUT2D eigenvalue weighted by Gasteiger charge is -2.23. The van der Waals surface area contributed by atoms with E-state index in [0.29, 0.717) is 12.5 Å². The first-order chi connectivity index (χ1) is 8.24. The number of aromatic nitrogens is 4.